The van der Waals surface area contributed by atoms with E-state index >= 15 is 0 Å². The molecule has 1 heterocycles. The number of nitrogens with two attached hydrogens (primary N) is 1. The van der Waals surface area contributed by atoms with Crippen molar-refractivity contribution in [3.63, 3.8) is 0 Å². The minimum absolute atomic E-state index is 0.00690. The highest BCUT2D eigenvalue weighted by molar-refractivity contribution is 9.10. The molecule has 4 heteroatoms. The van der Waals surface area contributed by atoms with Crippen molar-refractivity contribution in [2.45, 2.75) is 6.04 Å². The number of aliphatic hydroxyl groups is 1. The van der Waals surface area contributed by atoms with Gasteiger partial charge in [0.25, 0.3) is 0 Å². The van der Waals surface area contributed by atoms with Crippen LogP contribution in [0.2, 0.25) is 0 Å². The van der Waals surface area contributed by atoms with Gasteiger partial charge in [-0.05, 0) is 22.0 Å². The molecule has 0 aliphatic carbocycles. The highest BCUT2D eigenvalue weighted by atomic mass is 79.9. The van der Waals surface area contributed by atoms with E-state index in [-0.39, 0.29) is 12.6 Å². The van der Waals surface area contributed by atoms with Crippen LogP contribution in [-0.4, -0.2) is 11.7 Å². The van der Waals surface area contributed by atoms with Crippen LogP contribution in [-0.2, 0) is 0 Å². The second-order valence-electron chi connectivity index (χ2n) is 1.96. The standard InChI is InChI=1S/C6H8BrNOS/c7-4-1-6(10-3-4)5(8)2-9/h1,3,5,9H,2,8H2/t5-/m1/s1. The van der Waals surface area contributed by atoms with Crippen molar-refractivity contribution in [2.24, 2.45) is 5.73 Å². The van der Waals surface area contributed by atoms with Crippen LogP contribution in [0.15, 0.2) is 15.9 Å². The van der Waals surface area contributed by atoms with Crippen LogP contribution in [0.25, 0.3) is 0 Å². The summed E-state index contributed by atoms with van der Waals surface area (Å²) in [6, 6.07) is 1.70. The van der Waals surface area contributed by atoms with E-state index in [4.69, 9.17) is 10.8 Å². The molecule has 0 saturated heterocycles. The maximum atomic E-state index is 8.66. The lowest BCUT2D eigenvalue weighted by Gasteiger charge is -2.02. The lowest BCUT2D eigenvalue weighted by Crippen LogP contribution is -2.12. The maximum absolute atomic E-state index is 8.66. The van der Waals surface area contributed by atoms with Crippen LogP contribution in [0, 0.1) is 0 Å². The SMILES string of the molecule is N[C@H](CO)c1cc(Br)cs1. The average molecular weight is 222 g/mol. The summed E-state index contributed by atoms with van der Waals surface area (Å²) in [7, 11) is 0. The molecule has 1 aromatic rings. The predicted octanol–water partition coefficient (Wildman–Crippen LogP) is 1.50. The Labute approximate surface area is 71.8 Å². The van der Waals surface area contributed by atoms with Gasteiger partial charge in [0.2, 0.25) is 0 Å². The van der Waals surface area contributed by atoms with Crippen molar-refractivity contribution in [3.05, 3.63) is 20.8 Å². The van der Waals surface area contributed by atoms with Gasteiger partial charge in [-0.25, -0.2) is 0 Å². The molecular formula is C6H8BrNOS. The van der Waals surface area contributed by atoms with Gasteiger partial charge in [0.1, 0.15) is 0 Å². The fourth-order valence-electron chi connectivity index (χ4n) is 0.613. The Hall–Kier alpha value is 0.1000. The lowest BCUT2D eigenvalue weighted by molar-refractivity contribution is 0.269. The Balaban J connectivity index is 2.74. The molecule has 0 saturated carbocycles. The largest absolute Gasteiger partial charge is 0.394 e. The molecule has 0 radical (unpaired) electrons. The highest BCUT2D eigenvalue weighted by Crippen LogP contribution is 2.23. The molecule has 0 amide bonds. The topological polar surface area (TPSA) is 46.2 Å². The van der Waals surface area contributed by atoms with Crippen LogP contribution in [0.3, 0.4) is 0 Å². The summed E-state index contributed by atoms with van der Waals surface area (Å²) in [6.07, 6.45) is 0. The Bertz CT molecular complexity index is 213. The van der Waals surface area contributed by atoms with Gasteiger partial charge in [-0.15, -0.1) is 11.3 Å². The van der Waals surface area contributed by atoms with E-state index in [0.29, 0.717) is 0 Å². The molecule has 1 atom stereocenters. The van der Waals surface area contributed by atoms with Crippen molar-refractivity contribution >= 4 is 27.3 Å². The third-order valence-electron chi connectivity index (χ3n) is 1.15. The van der Waals surface area contributed by atoms with E-state index in [9.17, 15) is 0 Å². The Morgan fingerprint density at radius 1 is 1.80 bits per heavy atom. The zero-order valence-electron chi connectivity index (χ0n) is 5.25. The molecule has 0 fully saturated rings. The molecule has 0 bridgehead atoms. The Kier molecular flexibility index (Phi) is 2.85. The molecule has 56 valence electrons. The molecule has 2 nitrogen and oxygen atoms in total. The maximum Gasteiger partial charge on any atom is 0.0632 e. The van der Waals surface area contributed by atoms with E-state index < -0.39 is 0 Å². The quantitative estimate of drug-likeness (QED) is 0.796. The normalized spacial score (nSPS) is 13.5. The van der Waals surface area contributed by atoms with Crippen LogP contribution >= 0.6 is 27.3 Å². The molecule has 0 spiro atoms. The number of aliphatic hydroxyl groups excluding tert-OH is 1. The fraction of sp³-hybridized carbons (Fsp3) is 0.333. The number of thiophene rings is 1. The summed E-state index contributed by atoms with van der Waals surface area (Å²) < 4.78 is 1.02. The smallest absolute Gasteiger partial charge is 0.0632 e. The molecule has 1 rings (SSSR count). The van der Waals surface area contributed by atoms with E-state index in [2.05, 4.69) is 15.9 Å². The minimum Gasteiger partial charge on any atom is -0.394 e. The first-order chi connectivity index (χ1) is 4.74. The second-order valence-corrected chi connectivity index (χ2v) is 3.81. The summed E-state index contributed by atoms with van der Waals surface area (Å²) in [5.74, 6) is 0. The predicted molar refractivity (Wildman–Crippen MR) is 46.0 cm³/mol. The van der Waals surface area contributed by atoms with Gasteiger partial charge < -0.3 is 10.8 Å². The first kappa shape index (κ1) is 8.20. The number of hydrogen-bond donors (Lipinski definition) is 2. The number of hydrogen-bond acceptors (Lipinski definition) is 3. The van der Waals surface area contributed by atoms with Crippen LogP contribution < -0.4 is 5.73 Å². The van der Waals surface area contributed by atoms with E-state index in [1.54, 1.807) is 11.3 Å². The molecule has 10 heavy (non-hydrogen) atoms. The number of halogens is 1. The van der Waals surface area contributed by atoms with Crippen molar-refractivity contribution < 1.29 is 5.11 Å². The molecule has 0 unspecified atom stereocenters. The van der Waals surface area contributed by atoms with Gasteiger partial charge in [-0.1, -0.05) is 0 Å². The summed E-state index contributed by atoms with van der Waals surface area (Å²) in [6.45, 7) is 0.00690. The van der Waals surface area contributed by atoms with E-state index in [0.717, 1.165) is 9.35 Å². The van der Waals surface area contributed by atoms with Gasteiger partial charge in [-0.3, -0.25) is 0 Å². The highest BCUT2D eigenvalue weighted by Gasteiger charge is 2.05. The molecule has 3 N–H and O–H groups in total. The summed E-state index contributed by atoms with van der Waals surface area (Å²) in [5.41, 5.74) is 5.55. The van der Waals surface area contributed by atoms with Crippen LogP contribution in [0.5, 0.6) is 0 Å². The molecule has 1 aromatic heterocycles. The van der Waals surface area contributed by atoms with Gasteiger partial charge in [-0.2, -0.15) is 0 Å². The van der Waals surface area contributed by atoms with Gasteiger partial charge in [0.05, 0.1) is 12.6 Å². The summed E-state index contributed by atoms with van der Waals surface area (Å²) in [5, 5.41) is 10.6. The first-order valence-corrected chi connectivity index (χ1v) is 4.51. The Morgan fingerprint density at radius 2 is 2.50 bits per heavy atom. The first-order valence-electron chi connectivity index (χ1n) is 2.84. The van der Waals surface area contributed by atoms with Gasteiger partial charge in [0, 0.05) is 14.7 Å². The average Bonchev–Trinajstić information content (AvgIpc) is 2.34. The summed E-state index contributed by atoms with van der Waals surface area (Å²) in [4.78, 5) is 1.01. The second kappa shape index (κ2) is 3.48. The molecule has 0 aliphatic rings. The molecule has 0 aliphatic heterocycles. The van der Waals surface area contributed by atoms with Crippen molar-refractivity contribution in [2.75, 3.05) is 6.61 Å². The van der Waals surface area contributed by atoms with Crippen LogP contribution in [0.1, 0.15) is 10.9 Å². The lowest BCUT2D eigenvalue weighted by atomic mass is 10.3. The third kappa shape index (κ3) is 1.79. The molecular weight excluding hydrogens is 214 g/mol. The van der Waals surface area contributed by atoms with E-state index in [1.807, 2.05) is 11.4 Å². The van der Waals surface area contributed by atoms with Crippen molar-refractivity contribution in [1.82, 2.24) is 0 Å². The molecule has 0 aromatic carbocycles. The van der Waals surface area contributed by atoms with Gasteiger partial charge >= 0.3 is 0 Å². The third-order valence-corrected chi connectivity index (χ3v) is 2.98. The fourth-order valence-corrected chi connectivity index (χ4v) is 2.05. The zero-order valence-corrected chi connectivity index (χ0v) is 7.65. The Morgan fingerprint density at radius 3 is 2.90 bits per heavy atom. The minimum atomic E-state index is -0.226. The van der Waals surface area contributed by atoms with Crippen molar-refractivity contribution in [3.8, 4) is 0 Å². The summed E-state index contributed by atoms with van der Waals surface area (Å²) >= 11 is 4.85. The van der Waals surface area contributed by atoms with Gasteiger partial charge in [0.15, 0.2) is 0 Å². The van der Waals surface area contributed by atoms with Crippen molar-refractivity contribution in [1.29, 1.82) is 0 Å². The zero-order chi connectivity index (χ0) is 7.56. The van der Waals surface area contributed by atoms with E-state index in [1.165, 1.54) is 0 Å². The number of rotatable bonds is 2. The monoisotopic (exact) mass is 221 g/mol. The van der Waals surface area contributed by atoms with Crippen LogP contribution in [0.4, 0.5) is 0 Å².